The Bertz CT molecular complexity index is 78.6. The number of hydrogen-bond acceptors (Lipinski definition) is 1. The summed E-state index contributed by atoms with van der Waals surface area (Å²) in [5.41, 5.74) is 0. The first-order chi connectivity index (χ1) is 3.63. The van der Waals surface area contributed by atoms with E-state index in [0.29, 0.717) is 12.5 Å². The van der Waals surface area contributed by atoms with Gasteiger partial charge in [0, 0.05) is 6.42 Å². The molecule has 0 saturated carbocycles. The Morgan fingerprint density at radius 2 is 2.12 bits per heavy atom. The van der Waals surface area contributed by atoms with Gasteiger partial charge in [-0.25, -0.2) is 0 Å². The van der Waals surface area contributed by atoms with Crippen LogP contribution in [-0.4, -0.2) is 23.2 Å². The van der Waals surface area contributed by atoms with Crippen molar-refractivity contribution < 1.29 is 9.95 Å². The molecule has 0 rings (SSSR count). The van der Waals surface area contributed by atoms with Crippen molar-refractivity contribution in [2.24, 2.45) is 5.92 Å². The first kappa shape index (κ1) is 7.47. The largest absolute Gasteiger partial charge is 0.291 e. The van der Waals surface area contributed by atoms with Gasteiger partial charge in [-0.05, 0) is 10.7 Å². The van der Waals surface area contributed by atoms with Crippen LogP contribution in [0.15, 0.2) is 0 Å². The highest BCUT2D eigenvalue weighted by molar-refractivity contribution is 5.13. The molecule has 0 spiro atoms. The molecule has 1 N–H and O–H groups in total. The van der Waals surface area contributed by atoms with Gasteiger partial charge in [0.2, 0.25) is 0 Å². The fraction of sp³-hybridized carbons (Fsp3) is 0.833. The van der Waals surface area contributed by atoms with Crippen LogP contribution < -0.4 is 0 Å². The molecule has 0 aliphatic carbocycles. The molecule has 0 bridgehead atoms. The van der Waals surface area contributed by atoms with Crippen LogP contribution in [0.3, 0.4) is 0 Å². The highest BCUT2D eigenvalue weighted by Gasteiger charge is 1.98. The third-order valence-corrected chi connectivity index (χ3v) is 0.965. The van der Waals surface area contributed by atoms with Crippen LogP contribution in [0.1, 0.15) is 20.3 Å². The molecular formula is C6H14NO+. The summed E-state index contributed by atoms with van der Waals surface area (Å²) in [6.07, 6.45) is 1.00. The smallest absolute Gasteiger partial charge is 0.192 e. The predicted octanol–water partition coefficient (Wildman–Crippen LogP) is 1.13. The quantitative estimate of drug-likeness (QED) is 0.254. The van der Waals surface area contributed by atoms with Crippen LogP contribution in [0.5, 0.6) is 0 Å². The summed E-state index contributed by atoms with van der Waals surface area (Å²) in [5.74, 6) is 0.645. The summed E-state index contributed by atoms with van der Waals surface area (Å²) in [7, 11) is 0. The second kappa shape index (κ2) is 3.47. The third kappa shape index (κ3) is 5.47. The molecule has 0 aliphatic rings. The molecule has 0 fully saturated rings. The molecule has 0 heterocycles. The molecule has 0 atom stereocenters. The number of rotatable bonds is 3. The molecule has 0 saturated heterocycles. The van der Waals surface area contributed by atoms with Crippen molar-refractivity contribution in [3.05, 3.63) is 0 Å². The lowest BCUT2D eigenvalue weighted by atomic mass is 10.1. The molecule has 48 valence electrons. The molecule has 0 aliphatic heterocycles. The van der Waals surface area contributed by atoms with Crippen molar-refractivity contribution in [3.63, 3.8) is 0 Å². The molecule has 0 aromatic heterocycles. The average molecular weight is 116 g/mol. The molecule has 0 aromatic carbocycles. The van der Waals surface area contributed by atoms with Crippen molar-refractivity contribution >= 4 is 6.72 Å². The van der Waals surface area contributed by atoms with Gasteiger partial charge in [-0.2, -0.15) is 0 Å². The maximum absolute atomic E-state index is 8.52. The van der Waals surface area contributed by atoms with E-state index < -0.39 is 0 Å². The van der Waals surface area contributed by atoms with Crippen molar-refractivity contribution in [2.45, 2.75) is 20.3 Å². The minimum atomic E-state index is 0.645. The van der Waals surface area contributed by atoms with Gasteiger partial charge in [0.1, 0.15) is 0 Å². The van der Waals surface area contributed by atoms with Gasteiger partial charge in [0.05, 0.1) is 0 Å². The second-order valence-corrected chi connectivity index (χ2v) is 2.41. The summed E-state index contributed by atoms with van der Waals surface area (Å²) in [6, 6.07) is 0. The second-order valence-electron chi connectivity index (χ2n) is 2.41. The van der Waals surface area contributed by atoms with Gasteiger partial charge in [0.15, 0.2) is 13.3 Å². The van der Waals surface area contributed by atoms with Crippen LogP contribution in [0.2, 0.25) is 0 Å². The first-order valence-corrected chi connectivity index (χ1v) is 2.90. The third-order valence-electron chi connectivity index (χ3n) is 0.965. The fourth-order valence-electron chi connectivity index (χ4n) is 0.407. The number of hydroxylamine groups is 1. The predicted molar refractivity (Wildman–Crippen MR) is 33.5 cm³/mol. The van der Waals surface area contributed by atoms with E-state index in [-0.39, 0.29) is 0 Å². The zero-order valence-electron chi connectivity index (χ0n) is 5.59. The van der Waals surface area contributed by atoms with Crippen LogP contribution in [0, 0.1) is 5.92 Å². The van der Waals surface area contributed by atoms with Crippen LogP contribution in [-0.2, 0) is 0 Å². The molecular weight excluding hydrogens is 102 g/mol. The van der Waals surface area contributed by atoms with Crippen molar-refractivity contribution in [3.8, 4) is 0 Å². The van der Waals surface area contributed by atoms with E-state index in [1.54, 1.807) is 0 Å². The first-order valence-electron chi connectivity index (χ1n) is 2.90. The minimum Gasteiger partial charge on any atom is -0.291 e. The molecule has 2 nitrogen and oxygen atoms in total. The minimum absolute atomic E-state index is 0.645. The summed E-state index contributed by atoms with van der Waals surface area (Å²) in [6.45, 7) is 8.19. The van der Waals surface area contributed by atoms with Crippen LogP contribution >= 0.6 is 0 Å². The molecule has 8 heavy (non-hydrogen) atoms. The normalized spacial score (nSPS) is 9.88. The fourth-order valence-corrected chi connectivity index (χ4v) is 0.407. The van der Waals surface area contributed by atoms with Gasteiger partial charge in [-0.1, -0.05) is 13.8 Å². The molecule has 0 radical (unpaired) electrons. The van der Waals surface area contributed by atoms with Gasteiger partial charge in [-0.3, -0.25) is 5.21 Å². The molecule has 0 amide bonds. The summed E-state index contributed by atoms with van der Waals surface area (Å²) in [4.78, 5) is 0. The molecule has 2 heteroatoms. The zero-order valence-corrected chi connectivity index (χ0v) is 5.59. The standard InChI is InChI=1S/C6H14NO/c1-6(2)4-5-7(3)8/h6,8H,3-5H2,1-2H3/q+1. The number of hydrogen-bond donors (Lipinski definition) is 1. The van der Waals surface area contributed by atoms with E-state index in [0.717, 1.165) is 11.2 Å². The Kier molecular flexibility index (Phi) is 3.24. The van der Waals surface area contributed by atoms with E-state index in [2.05, 4.69) is 20.6 Å². The lowest BCUT2D eigenvalue weighted by Crippen LogP contribution is -2.07. The Hall–Kier alpha value is -0.530. The van der Waals surface area contributed by atoms with E-state index in [1.165, 1.54) is 0 Å². The lowest BCUT2D eigenvalue weighted by Gasteiger charge is -1.96. The summed E-state index contributed by atoms with van der Waals surface area (Å²) >= 11 is 0. The molecule has 0 aromatic rings. The SMILES string of the molecule is C=[N+](O)CCC(C)C. The van der Waals surface area contributed by atoms with E-state index >= 15 is 0 Å². The monoisotopic (exact) mass is 116 g/mol. The molecule has 0 unspecified atom stereocenters. The van der Waals surface area contributed by atoms with Gasteiger partial charge in [0.25, 0.3) is 0 Å². The lowest BCUT2D eigenvalue weighted by molar-refractivity contribution is -0.768. The topological polar surface area (TPSA) is 23.2 Å². The van der Waals surface area contributed by atoms with Gasteiger partial charge < -0.3 is 0 Å². The van der Waals surface area contributed by atoms with E-state index in [9.17, 15) is 0 Å². The van der Waals surface area contributed by atoms with Crippen LogP contribution in [0.4, 0.5) is 0 Å². The Labute approximate surface area is 50.4 Å². The Morgan fingerprint density at radius 1 is 1.62 bits per heavy atom. The van der Waals surface area contributed by atoms with E-state index in [4.69, 9.17) is 5.21 Å². The van der Waals surface area contributed by atoms with Gasteiger partial charge >= 0.3 is 0 Å². The summed E-state index contributed by atoms with van der Waals surface area (Å²) in [5, 5.41) is 8.52. The van der Waals surface area contributed by atoms with Crippen molar-refractivity contribution in [1.29, 1.82) is 0 Å². The Morgan fingerprint density at radius 3 is 2.25 bits per heavy atom. The Balaban J connectivity index is 3.05. The highest BCUT2D eigenvalue weighted by atomic mass is 16.5. The maximum Gasteiger partial charge on any atom is 0.192 e. The number of nitrogens with zero attached hydrogens (tertiary/aromatic N) is 1. The van der Waals surface area contributed by atoms with Crippen LogP contribution in [0.25, 0.3) is 0 Å². The van der Waals surface area contributed by atoms with E-state index in [1.807, 2.05) is 0 Å². The van der Waals surface area contributed by atoms with Crippen molar-refractivity contribution in [1.82, 2.24) is 0 Å². The maximum atomic E-state index is 8.52. The average Bonchev–Trinajstić information content (AvgIpc) is 1.61. The summed E-state index contributed by atoms with van der Waals surface area (Å²) < 4.78 is 0.972. The highest BCUT2D eigenvalue weighted by Crippen LogP contribution is 1.96. The zero-order chi connectivity index (χ0) is 6.57. The van der Waals surface area contributed by atoms with Gasteiger partial charge in [-0.15, -0.1) is 0 Å². The van der Waals surface area contributed by atoms with Crippen molar-refractivity contribution in [2.75, 3.05) is 6.54 Å².